The van der Waals surface area contributed by atoms with Crippen molar-refractivity contribution < 1.29 is 67.7 Å². The van der Waals surface area contributed by atoms with Gasteiger partial charge in [-0.05, 0) is 113 Å². The molecule has 0 aliphatic carbocycles. The van der Waals surface area contributed by atoms with Crippen LogP contribution in [0.1, 0.15) is 132 Å². The number of aromatic amines is 1. The molecule has 0 spiro atoms. The molecule has 2 aromatic rings. The number of H-pyrrole nitrogens is 1. The zero-order valence-corrected chi connectivity index (χ0v) is 51.1. The minimum atomic E-state index is -1.33. The Balaban J connectivity index is 2.13. The average molecular weight is 1220 g/mol. The highest BCUT2D eigenvalue weighted by atomic mass is 32.2. The summed E-state index contributed by atoms with van der Waals surface area (Å²) >= 11 is 0.622. The average Bonchev–Trinajstić information content (AvgIpc) is 3.48. The van der Waals surface area contributed by atoms with Gasteiger partial charge in [-0.3, -0.25) is 57.5 Å². The highest BCUT2D eigenvalue weighted by Gasteiger charge is 2.35. The van der Waals surface area contributed by atoms with Crippen LogP contribution in [0.2, 0.25) is 0 Å². The third-order valence-corrected chi connectivity index (χ3v) is 14.5. The number of benzene rings is 1. The van der Waals surface area contributed by atoms with E-state index < -0.39 is 150 Å². The Morgan fingerprint density at radius 3 is 1.52 bits per heavy atom. The van der Waals surface area contributed by atoms with E-state index in [-0.39, 0.29) is 69.1 Å². The number of thioether (sulfide) groups is 1. The van der Waals surface area contributed by atoms with Gasteiger partial charge < -0.3 is 80.2 Å². The zero-order chi connectivity index (χ0) is 63.9. The summed E-state index contributed by atoms with van der Waals surface area (Å²) in [6, 6.07) is -1.97. The molecule has 9 amide bonds. The quantitative estimate of drug-likeness (QED) is 0.0387. The molecule has 1 aromatic carbocycles. The Morgan fingerprint density at radius 2 is 0.988 bits per heavy atom. The van der Waals surface area contributed by atoms with Gasteiger partial charge in [0.25, 0.3) is 0 Å². The Morgan fingerprint density at radius 1 is 0.518 bits per heavy atom. The van der Waals surface area contributed by atoms with Crippen LogP contribution in [-0.4, -0.2) is 166 Å². The lowest BCUT2D eigenvalue weighted by molar-refractivity contribution is -0.138. The van der Waals surface area contributed by atoms with Crippen molar-refractivity contribution in [2.75, 3.05) is 31.9 Å². The van der Waals surface area contributed by atoms with Crippen LogP contribution in [0.25, 0.3) is 10.9 Å². The molecule has 2 rings (SSSR count). The first-order valence-electron chi connectivity index (χ1n) is 29.1. The number of carbonyl (C=O) groups excluding carboxylic acids is 10. The molecule has 1 aromatic heterocycles. The zero-order valence-electron chi connectivity index (χ0n) is 50.3. The molecule has 18 N–H and O–H groups in total. The van der Waals surface area contributed by atoms with E-state index in [1.807, 2.05) is 38.1 Å². The van der Waals surface area contributed by atoms with E-state index in [4.69, 9.17) is 22.3 Å². The minimum absolute atomic E-state index is 0.0445. The molecule has 0 aliphatic heterocycles. The van der Waals surface area contributed by atoms with Crippen molar-refractivity contribution >= 4 is 92.9 Å². The lowest BCUT2D eigenvalue weighted by Crippen LogP contribution is -2.60. The van der Waals surface area contributed by atoms with E-state index in [0.29, 0.717) is 44.0 Å². The first kappa shape index (κ1) is 73.9. The van der Waals surface area contributed by atoms with Crippen LogP contribution >= 0.6 is 11.8 Å². The molecule has 27 nitrogen and oxygen atoms in total. The second-order valence-corrected chi connectivity index (χ2v) is 23.7. The molecule has 0 saturated carbocycles. The molecule has 0 aliphatic rings. The van der Waals surface area contributed by atoms with E-state index >= 15 is 0 Å². The molecule has 476 valence electrons. The molecule has 0 unspecified atom stereocenters. The van der Waals surface area contributed by atoms with Crippen LogP contribution in [0.15, 0.2) is 30.5 Å². The number of hydrogen-bond donors (Lipinski definition) is 15. The molecule has 0 bridgehead atoms. The molecule has 0 saturated heterocycles. The number of carboxylic acids is 2. The van der Waals surface area contributed by atoms with Crippen molar-refractivity contribution in [2.24, 2.45) is 40.9 Å². The van der Waals surface area contributed by atoms with Gasteiger partial charge in [0, 0.05) is 29.3 Å². The number of nitrogens with two attached hydrogens (primary N) is 3. The van der Waals surface area contributed by atoms with Crippen LogP contribution < -0.4 is 65.1 Å². The Bertz CT molecular complexity index is 2560. The van der Waals surface area contributed by atoms with Crippen LogP contribution in [0.4, 0.5) is 0 Å². The van der Waals surface area contributed by atoms with Gasteiger partial charge in [0.15, 0.2) is 0 Å². The number of unbranched alkanes of at least 4 members (excludes halogenated alkanes) is 2. The summed E-state index contributed by atoms with van der Waals surface area (Å²) in [5, 5.41) is 42.0. The fourth-order valence-electron chi connectivity index (χ4n) is 8.84. The van der Waals surface area contributed by atoms with Crippen molar-refractivity contribution in [1.29, 1.82) is 0 Å². The second kappa shape index (κ2) is 38.7. The molecule has 1 heterocycles. The minimum Gasteiger partial charge on any atom is -0.481 e. The third kappa shape index (κ3) is 28.1. The number of nitrogens with one attached hydrogen (secondary N) is 10. The van der Waals surface area contributed by atoms with E-state index in [1.165, 1.54) is 0 Å². The third-order valence-electron chi connectivity index (χ3n) is 13.5. The number of carbonyl (C=O) groups is 12. The Labute approximate surface area is 501 Å². The number of amides is 9. The van der Waals surface area contributed by atoms with Gasteiger partial charge in [-0.1, -0.05) is 85.4 Å². The smallest absolute Gasteiger partial charge is 0.304 e. The number of hydrogen-bond acceptors (Lipinski definition) is 16. The highest BCUT2D eigenvalue weighted by molar-refractivity contribution is 8.13. The standard InChI is InChI=1S/C57H93N13O14S/c1-31(2)25-42(67-50(77)37(60)27-35-28-61-38-16-10-9-15-36(35)38)53(80)64-39(17-11-13-22-58)51(78)63-29-44(71)62-30-45(72)69-48(33(5)6)56(83)70-49(34(7)8)55(82)68-43(26-32(3)4)54(81)65-40(18-12-14-23-59)52(79)66-41(19-20-46(73)74)57(84)85-24-21-47(75)76/h9-10,15-16,28,31-34,37,39-43,48-49,61H,11-14,17-27,29-30,58-60H2,1-8H3,(H,62,71)(H,63,78)(H,64,80)(H,65,81)(H,66,79)(H,67,77)(H,68,82)(H,69,72)(H,70,83)(H,73,74)(H,75,76)/t37-,39-,40-,41-,42-,43-,48-,49-/m0/s1. The van der Waals surface area contributed by atoms with E-state index in [9.17, 15) is 62.6 Å². The number of rotatable bonds is 41. The number of aromatic nitrogens is 1. The van der Waals surface area contributed by atoms with Crippen LogP contribution in [0.5, 0.6) is 0 Å². The molecule has 28 heteroatoms. The summed E-state index contributed by atoms with van der Waals surface area (Å²) in [5.41, 5.74) is 19.4. The summed E-state index contributed by atoms with van der Waals surface area (Å²) in [6.45, 7) is 13.2. The van der Waals surface area contributed by atoms with E-state index in [1.54, 1.807) is 47.7 Å². The Hall–Kier alpha value is -7.17. The van der Waals surface area contributed by atoms with Crippen LogP contribution in [0, 0.1) is 23.7 Å². The van der Waals surface area contributed by atoms with Crippen molar-refractivity contribution in [3.63, 3.8) is 0 Å². The van der Waals surface area contributed by atoms with Gasteiger partial charge in [0.1, 0.15) is 36.3 Å². The lowest BCUT2D eigenvalue weighted by atomic mass is 9.98. The molecule has 0 radical (unpaired) electrons. The van der Waals surface area contributed by atoms with Crippen molar-refractivity contribution in [2.45, 2.75) is 181 Å². The summed E-state index contributed by atoms with van der Waals surface area (Å²) in [4.78, 5) is 161. The monoisotopic (exact) mass is 1220 g/mol. The Kier molecular flexibility index (Phi) is 33.7. The highest BCUT2D eigenvalue weighted by Crippen LogP contribution is 2.20. The summed E-state index contributed by atoms with van der Waals surface area (Å²) < 4.78 is 0. The lowest BCUT2D eigenvalue weighted by Gasteiger charge is -2.29. The molecule has 8 atom stereocenters. The first-order valence-corrected chi connectivity index (χ1v) is 30.0. The SMILES string of the molecule is CC(C)C[C@H](NC(=O)[C@@H](NC(=O)[C@@H](NC(=O)CNC(=O)CNC(=O)[C@H](CCCCN)NC(=O)[C@H](CC(C)C)NC(=O)[C@@H](N)Cc1c[nH]c2ccccc12)C(C)C)C(C)C)C(=O)N[C@@H](CCCCN)C(=O)N[C@@H](CCC(=O)O)C(=O)SCCC(=O)O. The predicted octanol–water partition coefficient (Wildman–Crippen LogP) is -0.0748. The van der Waals surface area contributed by atoms with Crippen molar-refractivity contribution in [1.82, 2.24) is 52.8 Å². The molecular formula is C57H93N13O14S. The topological polar surface area (TPSA) is 447 Å². The maximum Gasteiger partial charge on any atom is 0.304 e. The maximum absolute atomic E-state index is 14.1. The maximum atomic E-state index is 14.1. The molecular weight excluding hydrogens is 1120 g/mol. The van der Waals surface area contributed by atoms with Crippen LogP contribution in [0.3, 0.4) is 0 Å². The van der Waals surface area contributed by atoms with Crippen LogP contribution in [-0.2, 0) is 64.0 Å². The summed E-state index contributed by atoms with van der Waals surface area (Å²) in [6.07, 6.45) is 3.08. The van der Waals surface area contributed by atoms with E-state index in [2.05, 4.69) is 52.8 Å². The van der Waals surface area contributed by atoms with Gasteiger partial charge in [0.2, 0.25) is 58.3 Å². The van der Waals surface area contributed by atoms with Gasteiger partial charge in [-0.15, -0.1) is 0 Å². The van der Waals surface area contributed by atoms with Crippen molar-refractivity contribution in [3.8, 4) is 0 Å². The van der Waals surface area contributed by atoms with Gasteiger partial charge in [0.05, 0.1) is 31.6 Å². The number of para-hydroxylation sites is 1. The van der Waals surface area contributed by atoms with Gasteiger partial charge in [-0.25, -0.2) is 0 Å². The number of aliphatic carboxylic acids is 2. The first-order chi connectivity index (χ1) is 40.1. The van der Waals surface area contributed by atoms with E-state index in [0.717, 1.165) is 16.5 Å². The molecule has 85 heavy (non-hydrogen) atoms. The molecule has 0 fully saturated rings. The summed E-state index contributed by atoms with van der Waals surface area (Å²) in [7, 11) is 0. The van der Waals surface area contributed by atoms with Crippen molar-refractivity contribution in [3.05, 3.63) is 36.0 Å². The predicted molar refractivity (Wildman–Crippen MR) is 320 cm³/mol. The number of carboxylic acid groups (broad SMARTS) is 2. The fraction of sp³-hybridized carbons (Fsp3) is 0.649. The number of fused-ring (bicyclic) bond motifs is 1. The normalized spacial score (nSPS) is 14.2. The van der Waals surface area contributed by atoms with Gasteiger partial charge in [-0.2, -0.15) is 0 Å². The second-order valence-electron chi connectivity index (χ2n) is 22.6. The largest absolute Gasteiger partial charge is 0.481 e. The fourth-order valence-corrected chi connectivity index (χ4v) is 9.70. The van der Waals surface area contributed by atoms with Gasteiger partial charge >= 0.3 is 11.9 Å². The summed E-state index contributed by atoms with van der Waals surface area (Å²) in [5.74, 6) is -10.5.